The number of nitrogens with one attached hydrogen (secondary N) is 1. The van der Waals surface area contributed by atoms with Crippen molar-refractivity contribution >= 4 is 5.91 Å². The molecule has 2 rings (SSSR count). The number of amides is 1. The molecule has 0 atom stereocenters. The summed E-state index contributed by atoms with van der Waals surface area (Å²) >= 11 is 0. The maximum absolute atomic E-state index is 11.9. The van der Waals surface area contributed by atoms with Crippen LogP contribution in [0.15, 0.2) is 0 Å². The molecule has 2 fully saturated rings. The lowest BCUT2D eigenvalue weighted by Crippen LogP contribution is -2.52. The molecule has 0 radical (unpaired) electrons. The predicted molar refractivity (Wildman–Crippen MR) is 65.7 cm³/mol. The highest BCUT2D eigenvalue weighted by atomic mass is 16.3. The summed E-state index contributed by atoms with van der Waals surface area (Å²) in [5, 5.41) is 13.0. The molecule has 1 heterocycles. The van der Waals surface area contributed by atoms with Crippen molar-refractivity contribution in [2.45, 2.75) is 24.9 Å². The van der Waals surface area contributed by atoms with E-state index in [1.54, 1.807) is 0 Å². The fourth-order valence-electron chi connectivity index (χ4n) is 2.33. The lowest BCUT2D eigenvalue weighted by Gasteiger charge is -2.37. The van der Waals surface area contributed by atoms with Crippen molar-refractivity contribution in [2.75, 3.05) is 46.3 Å². The van der Waals surface area contributed by atoms with E-state index in [0.717, 1.165) is 45.4 Å². The molecule has 0 aromatic heterocycles. The van der Waals surface area contributed by atoms with E-state index >= 15 is 0 Å². The number of hydrogen-bond donors (Lipinski definition) is 2. The fraction of sp³-hybridized carbons (Fsp3) is 0.917. The Kier molecular flexibility index (Phi) is 4.01. The van der Waals surface area contributed by atoms with E-state index in [9.17, 15) is 9.90 Å². The van der Waals surface area contributed by atoms with Crippen LogP contribution in [0.25, 0.3) is 0 Å². The summed E-state index contributed by atoms with van der Waals surface area (Å²) in [5.74, 6) is 0.154. The van der Waals surface area contributed by atoms with Gasteiger partial charge in [0.15, 0.2) is 0 Å². The van der Waals surface area contributed by atoms with Gasteiger partial charge in [0.25, 0.3) is 0 Å². The zero-order valence-electron chi connectivity index (χ0n) is 10.6. The van der Waals surface area contributed by atoms with Gasteiger partial charge in [-0.1, -0.05) is 0 Å². The minimum Gasteiger partial charge on any atom is -0.389 e. The van der Waals surface area contributed by atoms with E-state index in [2.05, 4.69) is 17.3 Å². The lowest BCUT2D eigenvalue weighted by atomic mass is 9.80. The summed E-state index contributed by atoms with van der Waals surface area (Å²) in [6.07, 6.45) is 2.83. The van der Waals surface area contributed by atoms with Gasteiger partial charge in [0.1, 0.15) is 0 Å². The van der Waals surface area contributed by atoms with E-state index in [-0.39, 0.29) is 5.91 Å². The first-order chi connectivity index (χ1) is 8.09. The van der Waals surface area contributed by atoms with Crippen LogP contribution in [0.5, 0.6) is 0 Å². The van der Waals surface area contributed by atoms with Crippen LogP contribution >= 0.6 is 0 Å². The summed E-state index contributed by atoms with van der Waals surface area (Å²) in [5.41, 5.74) is -0.539. The molecule has 98 valence electrons. The normalized spacial score (nSPS) is 24.5. The van der Waals surface area contributed by atoms with Gasteiger partial charge < -0.3 is 20.2 Å². The van der Waals surface area contributed by atoms with Gasteiger partial charge in [-0.25, -0.2) is 0 Å². The second-order valence-corrected chi connectivity index (χ2v) is 5.37. The molecule has 1 amide bonds. The Morgan fingerprint density at radius 3 is 2.47 bits per heavy atom. The molecule has 2 N–H and O–H groups in total. The van der Waals surface area contributed by atoms with Crippen molar-refractivity contribution in [2.24, 2.45) is 0 Å². The van der Waals surface area contributed by atoms with E-state index < -0.39 is 5.60 Å². The third-order valence-electron chi connectivity index (χ3n) is 3.87. The zero-order valence-corrected chi connectivity index (χ0v) is 10.6. The number of likely N-dealkylation sites (N-methyl/N-ethyl adjacent to an activating group) is 1. The summed E-state index contributed by atoms with van der Waals surface area (Å²) in [6, 6.07) is 0. The van der Waals surface area contributed by atoms with Crippen LogP contribution in [-0.2, 0) is 4.79 Å². The highest BCUT2D eigenvalue weighted by molar-refractivity contribution is 5.78. The molecule has 17 heavy (non-hydrogen) atoms. The summed E-state index contributed by atoms with van der Waals surface area (Å²) in [6.45, 7) is 4.45. The first-order valence-electron chi connectivity index (χ1n) is 6.48. The van der Waals surface area contributed by atoms with Gasteiger partial charge in [-0.3, -0.25) is 4.79 Å². The quantitative estimate of drug-likeness (QED) is 0.681. The average Bonchev–Trinajstić information content (AvgIpc) is 2.27. The molecular formula is C12H23N3O2. The number of piperazine rings is 1. The van der Waals surface area contributed by atoms with Crippen molar-refractivity contribution in [3.63, 3.8) is 0 Å². The topological polar surface area (TPSA) is 55.8 Å². The highest BCUT2D eigenvalue weighted by Crippen LogP contribution is 2.30. The van der Waals surface area contributed by atoms with E-state index in [1.807, 2.05) is 4.90 Å². The van der Waals surface area contributed by atoms with E-state index in [4.69, 9.17) is 0 Å². The van der Waals surface area contributed by atoms with Crippen LogP contribution in [0.2, 0.25) is 0 Å². The number of rotatable bonds is 4. The molecule has 0 unspecified atom stereocenters. The molecular weight excluding hydrogens is 218 g/mol. The molecule has 0 bridgehead atoms. The summed E-state index contributed by atoms with van der Waals surface area (Å²) in [7, 11) is 2.08. The molecule has 5 nitrogen and oxygen atoms in total. The smallest absolute Gasteiger partial charge is 0.236 e. The van der Waals surface area contributed by atoms with Crippen LogP contribution in [0.3, 0.4) is 0 Å². The standard InChI is InChI=1S/C12H23N3O2/c1-14-5-7-15(8-6-14)11(16)9-13-10-12(17)3-2-4-12/h13,17H,2-10H2,1H3. The molecule has 0 aromatic rings. The zero-order chi connectivity index (χ0) is 12.3. The van der Waals surface area contributed by atoms with Crippen molar-refractivity contribution in [3.05, 3.63) is 0 Å². The molecule has 1 saturated heterocycles. The minimum absolute atomic E-state index is 0.154. The average molecular weight is 241 g/mol. The first-order valence-corrected chi connectivity index (χ1v) is 6.48. The van der Waals surface area contributed by atoms with Crippen molar-refractivity contribution in [3.8, 4) is 0 Å². The number of aliphatic hydroxyl groups is 1. The maximum Gasteiger partial charge on any atom is 0.236 e. The van der Waals surface area contributed by atoms with Crippen molar-refractivity contribution in [1.82, 2.24) is 15.1 Å². The Balaban J connectivity index is 1.63. The van der Waals surface area contributed by atoms with E-state index in [0.29, 0.717) is 13.1 Å². The Labute approximate surface area is 103 Å². The van der Waals surface area contributed by atoms with Gasteiger partial charge in [-0.2, -0.15) is 0 Å². The van der Waals surface area contributed by atoms with Gasteiger partial charge in [0.2, 0.25) is 5.91 Å². The van der Waals surface area contributed by atoms with Crippen LogP contribution in [0, 0.1) is 0 Å². The Hall–Kier alpha value is -0.650. The molecule has 1 aliphatic heterocycles. The molecule has 0 aromatic carbocycles. The van der Waals surface area contributed by atoms with Crippen LogP contribution < -0.4 is 5.32 Å². The molecule has 1 saturated carbocycles. The van der Waals surface area contributed by atoms with Gasteiger partial charge in [-0.05, 0) is 26.3 Å². The minimum atomic E-state index is -0.539. The Morgan fingerprint density at radius 2 is 1.94 bits per heavy atom. The maximum atomic E-state index is 11.9. The monoisotopic (exact) mass is 241 g/mol. The number of hydrogen-bond acceptors (Lipinski definition) is 4. The SMILES string of the molecule is CN1CCN(C(=O)CNCC2(O)CCC2)CC1. The summed E-state index contributed by atoms with van der Waals surface area (Å²) < 4.78 is 0. The fourth-order valence-corrected chi connectivity index (χ4v) is 2.33. The van der Waals surface area contributed by atoms with Crippen LogP contribution in [-0.4, -0.2) is 72.7 Å². The molecule has 1 aliphatic carbocycles. The third kappa shape index (κ3) is 3.40. The predicted octanol–water partition coefficient (Wildman–Crippen LogP) is -0.735. The summed E-state index contributed by atoms with van der Waals surface area (Å²) in [4.78, 5) is 16.0. The largest absolute Gasteiger partial charge is 0.389 e. The Bertz CT molecular complexity index is 271. The highest BCUT2D eigenvalue weighted by Gasteiger charge is 2.33. The molecule has 0 spiro atoms. The number of carbonyl (C=O) groups excluding carboxylic acids is 1. The molecule has 2 aliphatic rings. The van der Waals surface area contributed by atoms with Crippen LogP contribution in [0.4, 0.5) is 0 Å². The third-order valence-corrected chi connectivity index (χ3v) is 3.87. The van der Waals surface area contributed by atoms with Gasteiger partial charge in [0, 0.05) is 32.7 Å². The lowest BCUT2D eigenvalue weighted by molar-refractivity contribution is -0.132. The van der Waals surface area contributed by atoms with Crippen LogP contribution in [0.1, 0.15) is 19.3 Å². The molecule has 5 heteroatoms. The number of carbonyl (C=O) groups is 1. The van der Waals surface area contributed by atoms with Gasteiger partial charge in [0.05, 0.1) is 12.1 Å². The number of nitrogens with zero attached hydrogens (tertiary/aromatic N) is 2. The second kappa shape index (κ2) is 5.33. The van der Waals surface area contributed by atoms with Gasteiger partial charge in [-0.15, -0.1) is 0 Å². The van der Waals surface area contributed by atoms with Gasteiger partial charge >= 0.3 is 0 Å². The Morgan fingerprint density at radius 1 is 1.29 bits per heavy atom. The van der Waals surface area contributed by atoms with Crippen molar-refractivity contribution < 1.29 is 9.90 Å². The first kappa shape index (κ1) is 12.8. The second-order valence-electron chi connectivity index (χ2n) is 5.37. The van der Waals surface area contributed by atoms with Crippen molar-refractivity contribution in [1.29, 1.82) is 0 Å². The van der Waals surface area contributed by atoms with E-state index in [1.165, 1.54) is 0 Å².